The summed E-state index contributed by atoms with van der Waals surface area (Å²) in [7, 11) is -9.90. The number of carbonyl (C=O) groups is 4. The van der Waals surface area contributed by atoms with E-state index in [-0.39, 0.29) is 25.7 Å². The molecule has 0 spiro atoms. The van der Waals surface area contributed by atoms with Gasteiger partial charge < -0.3 is 33.8 Å². The molecule has 0 aromatic carbocycles. The molecule has 3 N–H and O–H groups in total. The Morgan fingerprint density at radius 1 is 0.326 bits per heavy atom. The summed E-state index contributed by atoms with van der Waals surface area (Å²) in [6, 6.07) is 0. The van der Waals surface area contributed by atoms with Crippen molar-refractivity contribution in [2.75, 3.05) is 39.6 Å². The van der Waals surface area contributed by atoms with E-state index in [0.717, 1.165) is 108 Å². The summed E-state index contributed by atoms with van der Waals surface area (Å²) in [5, 5.41) is 10.6. The zero-order valence-electron chi connectivity index (χ0n) is 57.9. The van der Waals surface area contributed by atoms with Gasteiger partial charge in [-0.1, -0.05) is 299 Å². The predicted octanol–water partition coefficient (Wildman–Crippen LogP) is 19.8. The minimum atomic E-state index is -4.95. The Balaban J connectivity index is 5.26. The number of aliphatic hydroxyl groups excluding tert-OH is 1. The van der Waals surface area contributed by atoms with E-state index in [0.29, 0.717) is 25.7 Å². The maximum absolute atomic E-state index is 13.0. The normalized spacial score (nSPS) is 14.8. The number of carbonyl (C=O) groups excluding carboxylic acids is 4. The van der Waals surface area contributed by atoms with Gasteiger partial charge in [-0.3, -0.25) is 37.3 Å². The molecule has 19 heteroatoms. The maximum atomic E-state index is 13.0. The lowest BCUT2D eigenvalue weighted by Gasteiger charge is -2.21. The van der Waals surface area contributed by atoms with E-state index in [2.05, 4.69) is 48.5 Å². The van der Waals surface area contributed by atoms with Crippen molar-refractivity contribution in [2.45, 2.75) is 369 Å². The maximum Gasteiger partial charge on any atom is 0.472 e. The van der Waals surface area contributed by atoms with Crippen molar-refractivity contribution in [3.63, 3.8) is 0 Å². The monoisotopic (exact) mass is 1310 g/mol. The number of aliphatic hydroxyl groups is 1. The summed E-state index contributed by atoms with van der Waals surface area (Å²) in [5.41, 5.74) is 0. The third kappa shape index (κ3) is 62.0. The van der Waals surface area contributed by atoms with Gasteiger partial charge in [-0.15, -0.1) is 0 Å². The molecule has 0 rings (SSSR count). The molecule has 0 aliphatic rings. The minimum absolute atomic E-state index is 0.105. The zero-order chi connectivity index (χ0) is 65.9. The van der Waals surface area contributed by atoms with E-state index >= 15 is 0 Å². The number of phosphoric ester groups is 2. The topological polar surface area (TPSA) is 237 Å². The Hall–Kier alpha value is -1.94. The SMILES string of the molecule is CCCCCCCCCCCC(=O)OC[C@H](COP(=O)(O)OC[C@H](O)COP(=O)(O)OC[C@@H](COC(=O)CCCCCCCCCCCCC(C)CC)OC(=O)CCCCCCCCCCCCCC(C)C)OC(=O)CCCCCCCCCCC(C)CC. The molecule has 0 aromatic heterocycles. The lowest BCUT2D eigenvalue weighted by Crippen LogP contribution is -2.30. The highest BCUT2D eigenvalue weighted by Gasteiger charge is 2.30. The second-order valence-electron chi connectivity index (χ2n) is 26.2. The molecule has 4 unspecified atom stereocenters. The van der Waals surface area contributed by atoms with Crippen LogP contribution in [0.1, 0.15) is 350 Å². The first-order valence-corrected chi connectivity index (χ1v) is 39.4. The highest BCUT2D eigenvalue weighted by molar-refractivity contribution is 7.47. The van der Waals surface area contributed by atoms with Gasteiger partial charge in [-0.25, -0.2) is 9.13 Å². The number of hydrogen-bond donors (Lipinski definition) is 3. The van der Waals surface area contributed by atoms with Crippen molar-refractivity contribution in [2.24, 2.45) is 17.8 Å². The first kappa shape index (κ1) is 87.1. The molecule has 0 bridgehead atoms. The van der Waals surface area contributed by atoms with Gasteiger partial charge in [0.25, 0.3) is 0 Å². The van der Waals surface area contributed by atoms with Crippen LogP contribution < -0.4 is 0 Å². The first-order valence-electron chi connectivity index (χ1n) is 36.4. The fourth-order valence-corrected chi connectivity index (χ4v) is 12.1. The Bertz CT molecular complexity index is 1750. The summed E-state index contributed by atoms with van der Waals surface area (Å²) in [5.74, 6) is 0.217. The fourth-order valence-electron chi connectivity index (χ4n) is 10.5. The van der Waals surface area contributed by atoms with E-state index < -0.39 is 97.5 Å². The molecule has 0 saturated carbocycles. The predicted molar refractivity (Wildman–Crippen MR) is 358 cm³/mol. The summed E-state index contributed by atoms with van der Waals surface area (Å²) in [4.78, 5) is 72.5. The van der Waals surface area contributed by atoms with Gasteiger partial charge >= 0.3 is 39.5 Å². The lowest BCUT2D eigenvalue weighted by atomic mass is 9.99. The van der Waals surface area contributed by atoms with Gasteiger partial charge in [0, 0.05) is 25.7 Å². The van der Waals surface area contributed by atoms with Gasteiger partial charge in [0.2, 0.25) is 0 Å². The van der Waals surface area contributed by atoms with Crippen LogP contribution in [-0.4, -0.2) is 96.7 Å². The number of unbranched alkanes of at least 4 members (excludes halogenated alkanes) is 34. The summed E-state index contributed by atoms with van der Waals surface area (Å²) in [6.07, 6.45) is 44.2. The minimum Gasteiger partial charge on any atom is -0.462 e. The standard InChI is InChI=1S/C70H136O17P2/c1-8-11-12-13-14-20-30-37-44-51-67(72)80-57-66(87-70(75)54-47-40-33-26-25-29-36-43-50-63(7)10-3)60-85-89(78,79)83-56-64(71)55-82-88(76,77)84-59-65(86-69(74)53-46-39-32-24-17-15-16-21-27-34-41-48-61(4)5)58-81-68(73)52-45-38-31-23-19-18-22-28-35-42-49-62(6)9-2/h61-66,71H,8-60H2,1-7H3,(H,76,77)(H,78,79)/t62?,63?,64-,65-,66-/m1/s1. The van der Waals surface area contributed by atoms with Gasteiger partial charge in [-0.05, 0) is 43.4 Å². The first-order chi connectivity index (χ1) is 42.8. The highest BCUT2D eigenvalue weighted by atomic mass is 31.2. The van der Waals surface area contributed by atoms with Crippen LogP contribution >= 0.6 is 15.6 Å². The zero-order valence-corrected chi connectivity index (χ0v) is 59.7. The smallest absolute Gasteiger partial charge is 0.462 e. The average Bonchev–Trinajstić information content (AvgIpc) is 3.55. The Kier molecular flexibility index (Phi) is 59.6. The number of ether oxygens (including phenoxy) is 4. The fraction of sp³-hybridized carbons (Fsp3) is 0.943. The molecule has 528 valence electrons. The summed E-state index contributed by atoms with van der Waals surface area (Å²) < 4.78 is 68.3. The quantitative estimate of drug-likeness (QED) is 0.0222. The number of phosphoric acid groups is 2. The van der Waals surface area contributed by atoms with Crippen molar-refractivity contribution in [1.29, 1.82) is 0 Å². The Morgan fingerprint density at radius 2 is 0.573 bits per heavy atom. The van der Waals surface area contributed by atoms with Crippen molar-refractivity contribution in [1.82, 2.24) is 0 Å². The molecular formula is C70H136O17P2. The molecule has 0 aliphatic heterocycles. The van der Waals surface area contributed by atoms with E-state index in [1.165, 1.54) is 161 Å². The molecule has 0 aliphatic carbocycles. The molecular weight excluding hydrogens is 1170 g/mol. The van der Waals surface area contributed by atoms with Crippen molar-refractivity contribution >= 4 is 39.5 Å². The Morgan fingerprint density at radius 3 is 0.854 bits per heavy atom. The number of rotatable bonds is 68. The Labute approximate surface area is 543 Å². The van der Waals surface area contributed by atoms with Crippen LogP contribution in [-0.2, 0) is 65.4 Å². The van der Waals surface area contributed by atoms with Gasteiger partial charge in [-0.2, -0.15) is 0 Å². The number of hydrogen-bond acceptors (Lipinski definition) is 15. The molecule has 7 atom stereocenters. The van der Waals surface area contributed by atoms with E-state index in [1.54, 1.807) is 0 Å². The molecule has 0 saturated heterocycles. The second kappa shape index (κ2) is 61.0. The van der Waals surface area contributed by atoms with Gasteiger partial charge in [0.05, 0.1) is 26.4 Å². The highest BCUT2D eigenvalue weighted by Crippen LogP contribution is 2.45. The van der Waals surface area contributed by atoms with Crippen molar-refractivity contribution < 1.29 is 80.2 Å². The number of esters is 4. The van der Waals surface area contributed by atoms with Gasteiger partial charge in [0.15, 0.2) is 12.2 Å². The van der Waals surface area contributed by atoms with Crippen LogP contribution in [0.25, 0.3) is 0 Å². The van der Waals surface area contributed by atoms with Crippen LogP contribution in [0.3, 0.4) is 0 Å². The van der Waals surface area contributed by atoms with E-state index in [9.17, 15) is 43.2 Å². The van der Waals surface area contributed by atoms with E-state index in [1.807, 2.05) is 0 Å². The van der Waals surface area contributed by atoms with Crippen molar-refractivity contribution in [3.05, 3.63) is 0 Å². The largest absolute Gasteiger partial charge is 0.472 e. The summed E-state index contributed by atoms with van der Waals surface area (Å²) in [6.45, 7) is 11.9. The molecule has 0 fully saturated rings. The van der Waals surface area contributed by atoms with Crippen LogP contribution in [0.5, 0.6) is 0 Å². The molecule has 0 heterocycles. The van der Waals surface area contributed by atoms with E-state index in [4.69, 9.17) is 37.0 Å². The molecule has 0 radical (unpaired) electrons. The molecule has 0 amide bonds. The molecule has 0 aromatic rings. The third-order valence-corrected chi connectivity index (χ3v) is 18.8. The van der Waals surface area contributed by atoms with Crippen LogP contribution in [0.4, 0.5) is 0 Å². The van der Waals surface area contributed by atoms with Gasteiger partial charge in [0.1, 0.15) is 19.3 Å². The molecule has 17 nitrogen and oxygen atoms in total. The third-order valence-electron chi connectivity index (χ3n) is 16.9. The average molecular weight is 1310 g/mol. The second-order valence-corrected chi connectivity index (χ2v) is 29.1. The van der Waals surface area contributed by atoms with Crippen LogP contribution in [0, 0.1) is 17.8 Å². The van der Waals surface area contributed by atoms with Crippen LogP contribution in [0.2, 0.25) is 0 Å². The van der Waals surface area contributed by atoms with Crippen LogP contribution in [0.15, 0.2) is 0 Å². The lowest BCUT2D eigenvalue weighted by molar-refractivity contribution is -0.161. The van der Waals surface area contributed by atoms with Crippen molar-refractivity contribution in [3.8, 4) is 0 Å². The molecule has 89 heavy (non-hydrogen) atoms. The summed E-state index contributed by atoms with van der Waals surface area (Å²) >= 11 is 0.